The Morgan fingerprint density at radius 2 is 1.76 bits per heavy atom. The molecular weight excluding hydrogens is 374 g/mol. The number of carbonyl (C=O) groups excluding carboxylic acids is 3. The summed E-state index contributed by atoms with van der Waals surface area (Å²) in [5.41, 5.74) is 2.76. The largest absolute Gasteiger partial charge is 0.462 e. The van der Waals surface area contributed by atoms with E-state index in [0.717, 1.165) is 5.39 Å². The van der Waals surface area contributed by atoms with E-state index >= 15 is 0 Å². The quantitative estimate of drug-likeness (QED) is 0.492. The molecule has 0 saturated heterocycles. The van der Waals surface area contributed by atoms with Crippen molar-refractivity contribution in [1.29, 1.82) is 0 Å². The molecule has 2 aromatic heterocycles. The van der Waals surface area contributed by atoms with Crippen molar-refractivity contribution in [3.8, 4) is 0 Å². The lowest BCUT2D eigenvalue weighted by molar-refractivity contribution is 0.0288. The van der Waals surface area contributed by atoms with Gasteiger partial charge in [0.2, 0.25) is 11.5 Å². The fourth-order valence-corrected chi connectivity index (χ4v) is 3.35. The molecule has 0 fully saturated rings. The molecule has 7 nitrogen and oxygen atoms in total. The van der Waals surface area contributed by atoms with Gasteiger partial charge in [0.15, 0.2) is 6.10 Å². The molecule has 1 N–H and O–H groups in total. The normalized spacial score (nSPS) is 12.0. The van der Waals surface area contributed by atoms with E-state index in [0.29, 0.717) is 28.0 Å². The molecule has 3 aromatic rings. The molecule has 1 atom stereocenters. The van der Waals surface area contributed by atoms with Crippen LogP contribution in [0.3, 0.4) is 0 Å². The lowest BCUT2D eigenvalue weighted by Gasteiger charge is -2.11. The second-order valence-electron chi connectivity index (χ2n) is 6.81. The van der Waals surface area contributed by atoms with Crippen molar-refractivity contribution in [2.75, 3.05) is 6.61 Å². The predicted octanol–water partition coefficient (Wildman–Crippen LogP) is 4.29. The SMILES string of the molecule is CCOC(=O)c1c(C)[nH]c(C(=O)[C@@H](C)OC(=O)c2oc3ccccc3c2C)c1C. The molecule has 0 bridgehead atoms. The molecule has 7 heteroatoms. The molecular formula is C22H23NO6. The molecule has 3 rings (SSSR count). The average molecular weight is 397 g/mol. The fourth-order valence-electron chi connectivity index (χ4n) is 3.35. The van der Waals surface area contributed by atoms with Crippen LogP contribution in [-0.4, -0.2) is 35.4 Å². The van der Waals surface area contributed by atoms with Gasteiger partial charge >= 0.3 is 11.9 Å². The number of nitrogens with one attached hydrogen (secondary N) is 1. The van der Waals surface area contributed by atoms with Crippen LogP contribution < -0.4 is 0 Å². The van der Waals surface area contributed by atoms with Gasteiger partial charge in [0, 0.05) is 16.6 Å². The van der Waals surface area contributed by atoms with Crippen LogP contribution in [0.25, 0.3) is 11.0 Å². The Balaban J connectivity index is 1.82. The maximum atomic E-state index is 12.8. The Morgan fingerprint density at radius 3 is 2.41 bits per heavy atom. The number of furan rings is 1. The number of H-pyrrole nitrogens is 1. The second-order valence-corrected chi connectivity index (χ2v) is 6.81. The van der Waals surface area contributed by atoms with Crippen molar-refractivity contribution in [1.82, 2.24) is 4.98 Å². The van der Waals surface area contributed by atoms with Gasteiger partial charge in [0.25, 0.3) is 0 Å². The van der Waals surface area contributed by atoms with Crippen molar-refractivity contribution in [3.05, 3.63) is 58.1 Å². The molecule has 2 heterocycles. The van der Waals surface area contributed by atoms with Crippen molar-refractivity contribution >= 4 is 28.7 Å². The summed E-state index contributed by atoms with van der Waals surface area (Å²) < 4.78 is 16.0. The zero-order chi connectivity index (χ0) is 21.3. The number of aryl methyl sites for hydroxylation is 2. The monoisotopic (exact) mass is 397 g/mol. The smallest absolute Gasteiger partial charge is 0.375 e. The van der Waals surface area contributed by atoms with Crippen LogP contribution in [0.15, 0.2) is 28.7 Å². The van der Waals surface area contributed by atoms with Crippen LogP contribution in [0.5, 0.6) is 0 Å². The van der Waals surface area contributed by atoms with Gasteiger partial charge in [-0.3, -0.25) is 4.79 Å². The summed E-state index contributed by atoms with van der Waals surface area (Å²) in [4.78, 5) is 40.5. The van der Waals surface area contributed by atoms with Gasteiger partial charge in [-0.1, -0.05) is 18.2 Å². The maximum absolute atomic E-state index is 12.8. The van der Waals surface area contributed by atoms with Crippen molar-refractivity contribution < 1.29 is 28.3 Å². The highest BCUT2D eigenvalue weighted by Crippen LogP contribution is 2.26. The zero-order valence-corrected chi connectivity index (χ0v) is 17.0. The average Bonchev–Trinajstić information content (AvgIpc) is 3.18. The molecule has 29 heavy (non-hydrogen) atoms. The van der Waals surface area contributed by atoms with E-state index in [1.165, 1.54) is 6.92 Å². The van der Waals surface area contributed by atoms with Crippen LogP contribution in [0, 0.1) is 20.8 Å². The van der Waals surface area contributed by atoms with Gasteiger partial charge in [-0.05, 0) is 46.2 Å². The highest BCUT2D eigenvalue weighted by atomic mass is 16.6. The number of hydrogen-bond donors (Lipinski definition) is 1. The summed E-state index contributed by atoms with van der Waals surface area (Å²) in [5.74, 6) is -1.59. The number of rotatable bonds is 6. The van der Waals surface area contributed by atoms with Crippen LogP contribution in [0.1, 0.15) is 62.1 Å². The second kappa shape index (κ2) is 7.95. The Labute approximate surface area is 168 Å². The van der Waals surface area contributed by atoms with E-state index in [1.807, 2.05) is 18.2 Å². The van der Waals surface area contributed by atoms with E-state index in [-0.39, 0.29) is 18.1 Å². The minimum Gasteiger partial charge on any atom is -0.462 e. The highest BCUT2D eigenvalue weighted by Gasteiger charge is 2.29. The zero-order valence-electron chi connectivity index (χ0n) is 17.0. The van der Waals surface area contributed by atoms with Gasteiger partial charge in [0.1, 0.15) is 5.58 Å². The number of para-hydroxylation sites is 1. The number of esters is 2. The highest BCUT2D eigenvalue weighted by molar-refractivity contribution is 6.05. The van der Waals surface area contributed by atoms with Crippen LogP contribution in [0.4, 0.5) is 0 Å². The van der Waals surface area contributed by atoms with Crippen molar-refractivity contribution in [2.24, 2.45) is 0 Å². The third-order valence-corrected chi connectivity index (χ3v) is 4.85. The van der Waals surface area contributed by atoms with Crippen LogP contribution in [0.2, 0.25) is 0 Å². The molecule has 0 spiro atoms. The number of ketones is 1. The number of aromatic amines is 1. The van der Waals surface area contributed by atoms with E-state index in [9.17, 15) is 14.4 Å². The summed E-state index contributed by atoms with van der Waals surface area (Å²) >= 11 is 0. The number of aromatic nitrogens is 1. The summed E-state index contributed by atoms with van der Waals surface area (Å²) in [5, 5.41) is 0.813. The fraction of sp³-hybridized carbons (Fsp3) is 0.318. The van der Waals surface area contributed by atoms with E-state index < -0.39 is 23.8 Å². The standard InChI is InChI=1S/C22H23NO6/c1-6-27-21(25)17-12(3)18(23-13(17)4)19(24)14(5)28-22(26)20-11(2)15-9-7-8-10-16(15)29-20/h7-10,14,23H,6H2,1-5H3/t14-/m1/s1. The maximum Gasteiger partial charge on any atom is 0.375 e. The molecule has 0 aliphatic carbocycles. The summed E-state index contributed by atoms with van der Waals surface area (Å²) in [7, 11) is 0. The van der Waals surface area contributed by atoms with Crippen LogP contribution >= 0.6 is 0 Å². The predicted molar refractivity (Wildman–Crippen MR) is 106 cm³/mol. The van der Waals surface area contributed by atoms with E-state index in [2.05, 4.69) is 4.98 Å². The number of carbonyl (C=O) groups is 3. The summed E-state index contributed by atoms with van der Waals surface area (Å²) in [6.45, 7) is 8.53. The Kier molecular flexibility index (Phi) is 5.59. The molecule has 0 aliphatic rings. The minimum absolute atomic E-state index is 0.0671. The topological polar surface area (TPSA) is 98.6 Å². The van der Waals surface area contributed by atoms with E-state index in [4.69, 9.17) is 13.9 Å². The Hall–Kier alpha value is -3.35. The molecule has 152 valence electrons. The molecule has 0 saturated carbocycles. The Morgan fingerprint density at radius 1 is 1.07 bits per heavy atom. The van der Waals surface area contributed by atoms with E-state index in [1.54, 1.807) is 33.8 Å². The number of benzene rings is 1. The lowest BCUT2D eigenvalue weighted by Crippen LogP contribution is -2.25. The number of ether oxygens (including phenoxy) is 2. The first-order chi connectivity index (χ1) is 13.8. The minimum atomic E-state index is -1.07. The molecule has 0 unspecified atom stereocenters. The van der Waals surface area contributed by atoms with Gasteiger partial charge in [0.05, 0.1) is 17.9 Å². The molecule has 1 aromatic carbocycles. The molecule has 0 radical (unpaired) electrons. The van der Waals surface area contributed by atoms with Gasteiger partial charge in [-0.2, -0.15) is 0 Å². The summed E-state index contributed by atoms with van der Waals surface area (Å²) in [6.07, 6.45) is -1.07. The van der Waals surface area contributed by atoms with Crippen molar-refractivity contribution in [3.63, 3.8) is 0 Å². The van der Waals surface area contributed by atoms with Crippen molar-refractivity contribution in [2.45, 2.75) is 40.7 Å². The summed E-state index contributed by atoms with van der Waals surface area (Å²) in [6, 6.07) is 7.27. The first-order valence-corrected chi connectivity index (χ1v) is 9.35. The third-order valence-electron chi connectivity index (χ3n) is 4.85. The van der Waals surface area contributed by atoms with Gasteiger partial charge in [-0.15, -0.1) is 0 Å². The van der Waals surface area contributed by atoms with Gasteiger partial charge in [-0.25, -0.2) is 9.59 Å². The number of hydrogen-bond acceptors (Lipinski definition) is 6. The lowest BCUT2D eigenvalue weighted by atomic mass is 10.1. The first kappa shape index (κ1) is 20.4. The third kappa shape index (κ3) is 3.68. The van der Waals surface area contributed by atoms with Crippen LogP contribution in [-0.2, 0) is 9.47 Å². The first-order valence-electron chi connectivity index (χ1n) is 9.35. The number of Topliss-reactive ketones (excluding diaryl/α,β-unsaturated/α-hetero) is 1. The Bertz CT molecular complexity index is 1100. The van der Waals surface area contributed by atoms with Gasteiger partial charge < -0.3 is 18.9 Å². The number of fused-ring (bicyclic) bond motifs is 1. The molecule has 0 aliphatic heterocycles. The molecule has 0 amide bonds.